The third-order valence-corrected chi connectivity index (χ3v) is 6.22. The van der Waals surface area contributed by atoms with Crippen molar-refractivity contribution in [1.82, 2.24) is 0 Å². The lowest BCUT2D eigenvalue weighted by Crippen LogP contribution is -2.15. The Morgan fingerprint density at radius 1 is 0.714 bits per heavy atom. The van der Waals surface area contributed by atoms with Gasteiger partial charge in [-0.05, 0) is 45.9 Å². The molecule has 2 aromatic carbocycles. The van der Waals surface area contributed by atoms with E-state index in [0.29, 0.717) is 11.5 Å². The third-order valence-electron chi connectivity index (χ3n) is 5.50. The highest BCUT2D eigenvalue weighted by Crippen LogP contribution is 2.47. The second-order valence-electron chi connectivity index (χ2n) is 9.85. The number of hydrogen-bond acceptors (Lipinski definition) is 2. The van der Waals surface area contributed by atoms with Gasteiger partial charge >= 0.3 is 0 Å². The molecule has 2 nitrogen and oxygen atoms in total. The fourth-order valence-electron chi connectivity index (χ4n) is 3.63. The number of aromatic hydroxyl groups is 2. The largest absolute Gasteiger partial charge is 0.507 e. The average Bonchev–Trinajstić information content (AvgIpc) is 2.59. The first kappa shape index (κ1) is 22.8. The molecule has 0 saturated heterocycles. The highest BCUT2D eigenvalue weighted by molar-refractivity contribution is 7.17. The van der Waals surface area contributed by atoms with E-state index in [1.807, 2.05) is 0 Å². The van der Waals surface area contributed by atoms with Crippen molar-refractivity contribution in [2.24, 2.45) is 0 Å². The van der Waals surface area contributed by atoms with Crippen LogP contribution in [0.1, 0.15) is 94.4 Å². The third kappa shape index (κ3) is 4.54. The van der Waals surface area contributed by atoms with Crippen LogP contribution < -0.4 is 0 Å². The molecule has 0 aliphatic heterocycles. The van der Waals surface area contributed by atoms with Crippen LogP contribution in [0.5, 0.6) is 11.5 Å². The lowest BCUT2D eigenvalue weighted by atomic mass is 9.81. The van der Waals surface area contributed by atoms with E-state index < -0.39 is 0 Å². The normalized spacial score (nSPS) is 12.6. The number of aryl methyl sites for hydroxylation is 2. The molecule has 154 valence electrons. The first-order valence-corrected chi connectivity index (χ1v) is 11.0. The van der Waals surface area contributed by atoms with Gasteiger partial charge in [-0.25, -0.2) is 0 Å². The zero-order valence-electron chi connectivity index (χ0n) is 18.8. The van der Waals surface area contributed by atoms with Crippen LogP contribution in [-0.4, -0.2) is 10.2 Å². The second-order valence-corrected chi connectivity index (χ2v) is 10.5. The van der Waals surface area contributed by atoms with Gasteiger partial charge in [-0.1, -0.05) is 79.7 Å². The summed E-state index contributed by atoms with van der Waals surface area (Å²) in [5.41, 5.74) is 5.54. The van der Waals surface area contributed by atoms with Crippen LogP contribution >= 0.6 is 9.24 Å². The molecule has 1 atom stereocenters. The van der Waals surface area contributed by atoms with Gasteiger partial charge in [0.1, 0.15) is 11.5 Å². The van der Waals surface area contributed by atoms with Gasteiger partial charge in [0.05, 0.1) is 0 Å². The number of phenolic OH excluding ortho intramolecular Hbond substituents is 2. The molecule has 0 fully saturated rings. The molecule has 0 bridgehead atoms. The summed E-state index contributed by atoms with van der Waals surface area (Å²) in [5.74, 6) is 0.673. The van der Waals surface area contributed by atoms with Gasteiger partial charge in [0.15, 0.2) is 0 Å². The summed E-state index contributed by atoms with van der Waals surface area (Å²) >= 11 is 0. The van der Waals surface area contributed by atoms with Crippen LogP contribution in [0, 0.1) is 0 Å². The molecule has 2 aromatic rings. The fraction of sp³-hybridized carbons (Fsp3) is 0.520. The zero-order chi connectivity index (χ0) is 21.4. The number of rotatable bonds is 4. The van der Waals surface area contributed by atoms with Crippen LogP contribution in [0.4, 0.5) is 0 Å². The molecule has 0 aliphatic rings. The molecule has 3 heteroatoms. The molecule has 0 saturated carbocycles. The van der Waals surface area contributed by atoms with Crippen LogP contribution in [0.2, 0.25) is 0 Å². The van der Waals surface area contributed by atoms with E-state index in [2.05, 4.69) is 88.9 Å². The van der Waals surface area contributed by atoms with E-state index in [0.717, 1.165) is 35.1 Å². The summed E-state index contributed by atoms with van der Waals surface area (Å²) in [5, 5.41) is 22.3. The first-order valence-electron chi connectivity index (χ1n) is 10.3. The quantitative estimate of drug-likeness (QED) is 0.555. The van der Waals surface area contributed by atoms with E-state index in [1.165, 1.54) is 11.1 Å². The smallest absolute Gasteiger partial charge is 0.123 e. The molecule has 0 aromatic heterocycles. The Morgan fingerprint density at radius 3 is 1.29 bits per heavy atom. The van der Waals surface area contributed by atoms with E-state index in [-0.39, 0.29) is 16.5 Å². The van der Waals surface area contributed by atoms with Crippen molar-refractivity contribution < 1.29 is 10.2 Å². The van der Waals surface area contributed by atoms with E-state index in [4.69, 9.17) is 0 Å². The maximum Gasteiger partial charge on any atom is 0.123 e. The van der Waals surface area contributed by atoms with E-state index >= 15 is 0 Å². The fourth-order valence-corrected chi connectivity index (χ4v) is 4.14. The van der Waals surface area contributed by atoms with Crippen LogP contribution in [-0.2, 0) is 23.7 Å². The lowest BCUT2D eigenvalue weighted by Gasteiger charge is -2.28. The Kier molecular flexibility index (Phi) is 6.56. The van der Waals surface area contributed by atoms with Crippen molar-refractivity contribution in [1.29, 1.82) is 0 Å². The highest BCUT2D eigenvalue weighted by atomic mass is 31.0. The Hall–Kier alpha value is -1.53. The van der Waals surface area contributed by atoms with Gasteiger partial charge in [0.2, 0.25) is 0 Å². The summed E-state index contributed by atoms with van der Waals surface area (Å²) in [7, 11) is 2.85. The number of phenols is 2. The Bertz CT molecular complexity index is 783. The Labute approximate surface area is 173 Å². The van der Waals surface area contributed by atoms with Gasteiger partial charge in [0, 0.05) is 16.8 Å². The van der Waals surface area contributed by atoms with Crippen molar-refractivity contribution in [2.75, 3.05) is 0 Å². The highest BCUT2D eigenvalue weighted by Gasteiger charge is 2.28. The molecule has 2 N–H and O–H groups in total. The van der Waals surface area contributed by atoms with Crippen molar-refractivity contribution >= 4 is 9.24 Å². The number of benzene rings is 2. The van der Waals surface area contributed by atoms with Gasteiger partial charge < -0.3 is 10.2 Å². The Balaban J connectivity index is 2.75. The molecule has 0 spiro atoms. The SMILES string of the molecule is CCc1cc(C(P)c2cc(CC)cc(C(C)(C)C)c2O)c(O)c(C(C)(C)C)c1. The maximum absolute atomic E-state index is 11.1. The average molecular weight is 401 g/mol. The minimum Gasteiger partial charge on any atom is -0.507 e. The predicted molar refractivity (Wildman–Crippen MR) is 124 cm³/mol. The van der Waals surface area contributed by atoms with E-state index in [9.17, 15) is 10.2 Å². The van der Waals surface area contributed by atoms with Crippen molar-refractivity contribution in [2.45, 2.75) is 84.7 Å². The first-order chi connectivity index (χ1) is 12.8. The van der Waals surface area contributed by atoms with Gasteiger partial charge in [-0.3, -0.25) is 0 Å². The molecule has 2 rings (SSSR count). The molecule has 0 heterocycles. The summed E-state index contributed by atoms with van der Waals surface area (Å²) in [6.45, 7) is 17.0. The van der Waals surface area contributed by atoms with Gasteiger partial charge in [0.25, 0.3) is 0 Å². The van der Waals surface area contributed by atoms with Crippen molar-refractivity contribution in [3.63, 3.8) is 0 Å². The minimum absolute atomic E-state index is 0.154. The predicted octanol–water partition coefficient (Wildman–Crippen LogP) is 6.78. The van der Waals surface area contributed by atoms with Gasteiger partial charge in [-0.15, -0.1) is 9.24 Å². The summed E-state index contributed by atoms with van der Waals surface area (Å²) in [6, 6.07) is 8.38. The molecular weight excluding hydrogens is 363 g/mol. The van der Waals surface area contributed by atoms with Crippen molar-refractivity contribution in [3.8, 4) is 11.5 Å². The van der Waals surface area contributed by atoms with E-state index in [1.54, 1.807) is 0 Å². The van der Waals surface area contributed by atoms with Crippen LogP contribution in [0.25, 0.3) is 0 Å². The standard InChI is InChI=1S/C25H37O2P/c1-9-15-11-17(21(26)19(13-15)24(3,4)5)23(28)18-12-16(10-2)14-20(22(18)27)25(6,7)8/h11-14,23,26-27H,9-10,28H2,1-8H3. The van der Waals surface area contributed by atoms with Gasteiger partial charge in [-0.2, -0.15) is 0 Å². The van der Waals surface area contributed by atoms with Crippen molar-refractivity contribution in [3.05, 3.63) is 57.6 Å². The molecule has 0 aliphatic carbocycles. The minimum atomic E-state index is -0.180. The Morgan fingerprint density at radius 2 is 1.04 bits per heavy atom. The second kappa shape index (κ2) is 8.07. The molecule has 0 amide bonds. The lowest BCUT2D eigenvalue weighted by molar-refractivity contribution is 0.434. The molecule has 1 unspecified atom stereocenters. The molecular formula is C25H37O2P. The summed E-state index contributed by atoms with van der Waals surface area (Å²) < 4.78 is 0. The van der Waals surface area contributed by atoms with Crippen LogP contribution in [0.3, 0.4) is 0 Å². The monoisotopic (exact) mass is 400 g/mol. The maximum atomic E-state index is 11.1. The summed E-state index contributed by atoms with van der Waals surface area (Å²) in [6.07, 6.45) is 1.81. The molecule has 0 radical (unpaired) electrons. The number of hydrogen-bond donors (Lipinski definition) is 2. The zero-order valence-corrected chi connectivity index (χ0v) is 19.9. The summed E-state index contributed by atoms with van der Waals surface area (Å²) in [4.78, 5) is 0. The van der Waals surface area contributed by atoms with Crippen LogP contribution in [0.15, 0.2) is 24.3 Å². The molecule has 28 heavy (non-hydrogen) atoms. The topological polar surface area (TPSA) is 40.5 Å².